The van der Waals surface area contributed by atoms with E-state index in [9.17, 15) is 4.79 Å². The van der Waals surface area contributed by atoms with E-state index in [0.717, 1.165) is 0 Å². The molecule has 0 aromatic carbocycles. The largest absolute Gasteiger partial charge is 0.353 e. The van der Waals surface area contributed by atoms with Crippen molar-refractivity contribution in [3.63, 3.8) is 0 Å². The van der Waals surface area contributed by atoms with Gasteiger partial charge < -0.3 is 5.32 Å². The average molecular weight is 169 g/mol. The summed E-state index contributed by atoms with van der Waals surface area (Å²) in [5.41, 5.74) is 0. The zero-order chi connectivity index (χ0) is 7.28. The molecule has 0 spiro atoms. The van der Waals surface area contributed by atoms with Crippen molar-refractivity contribution in [1.82, 2.24) is 5.32 Å². The van der Waals surface area contributed by atoms with Gasteiger partial charge in [0.1, 0.15) is 4.84 Å². The standard InChI is InChI=1S/C5H8Cl2NO/c1-2-5(9)8-3-4(6)7/h4H,1-3H2,(H,8,9). The van der Waals surface area contributed by atoms with E-state index in [1.807, 2.05) is 0 Å². The van der Waals surface area contributed by atoms with Crippen LogP contribution in [0.5, 0.6) is 0 Å². The second-order valence-corrected chi connectivity index (χ2v) is 2.72. The van der Waals surface area contributed by atoms with E-state index in [-0.39, 0.29) is 18.9 Å². The highest BCUT2D eigenvalue weighted by Gasteiger charge is 1.99. The average Bonchev–Trinajstić information content (AvgIpc) is 1.83. The maximum Gasteiger partial charge on any atom is 0.220 e. The van der Waals surface area contributed by atoms with Gasteiger partial charge in [-0.2, -0.15) is 0 Å². The molecule has 1 N–H and O–H groups in total. The third-order valence-corrected chi connectivity index (χ3v) is 0.989. The lowest BCUT2D eigenvalue weighted by Gasteiger charge is -2.01. The van der Waals surface area contributed by atoms with Gasteiger partial charge in [0, 0.05) is 13.0 Å². The number of rotatable bonds is 3. The van der Waals surface area contributed by atoms with E-state index >= 15 is 0 Å². The maximum absolute atomic E-state index is 10.4. The van der Waals surface area contributed by atoms with Gasteiger partial charge in [-0.3, -0.25) is 4.79 Å². The van der Waals surface area contributed by atoms with Crippen molar-refractivity contribution in [3.8, 4) is 0 Å². The van der Waals surface area contributed by atoms with Crippen LogP contribution in [-0.4, -0.2) is 17.3 Å². The van der Waals surface area contributed by atoms with E-state index in [2.05, 4.69) is 12.2 Å². The molecule has 0 aliphatic heterocycles. The van der Waals surface area contributed by atoms with Gasteiger partial charge >= 0.3 is 0 Å². The number of amides is 1. The third kappa shape index (κ3) is 5.93. The minimum absolute atomic E-state index is 0.138. The summed E-state index contributed by atoms with van der Waals surface area (Å²) in [6.45, 7) is 3.65. The van der Waals surface area contributed by atoms with E-state index in [0.29, 0.717) is 0 Å². The minimum atomic E-state index is -0.527. The predicted octanol–water partition coefficient (Wildman–Crippen LogP) is 1.13. The summed E-state index contributed by atoms with van der Waals surface area (Å²) < 4.78 is 0. The second kappa shape index (κ2) is 4.89. The first-order chi connectivity index (χ1) is 4.16. The normalized spacial score (nSPS) is 9.78. The van der Waals surface area contributed by atoms with E-state index in [4.69, 9.17) is 23.2 Å². The van der Waals surface area contributed by atoms with Crippen molar-refractivity contribution in [2.24, 2.45) is 0 Å². The van der Waals surface area contributed by atoms with Crippen LogP contribution in [0, 0.1) is 6.92 Å². The Hall–Kier alpha value is 0.0500. The summed E-state index contributed by atoms with van der Waals surface area (Å²) in [6, 6.07) is 0. The molecule has 0 aromatic rings. The first kappa shape index (κ1) is 9.05. The molecule has 9 heavy (non-hydrogen) atoms. The Balaban J connectivity index is 3.17. The molecule has 0 bridgehead atoms. The van der Waals surface area contributed by atoms with Crippen LogP contribution in [0.4, 0.5) is 0 Å². The van der Waals surface area contributed by atoms with Crippen molar-refractivity contribution in [2.45, 2.75) is 11.3 Å². The van der Waals surface area contributed by atoms with Crippen LogP contribution >= 0.6 is 23.2 Å². The molecule has 0 fully saturated rings. The SMILES string of the molecule is [CH2]CC(=O)NCC(Cl)Cl. The van der Waals surface area contributed by atoms with Crippen LogP contribution in [-0.2, 0) is 4.79 Å². The number of alkyl halides is 2. The lowest BCUT2D eigenvalue weighted by molar-refractivity contribution is -0.120. The van der Waals surface area contributed by atoms with Gasteiger partial charge in [-0.25, -0.2) is 0 Å². The van der Waals surface area contributed by atoms with E-state index in [1.165, 1.54) is 0 Å². The molecule has 0 rings (SSSR count). The van der Waals surface area contributed by atoms with Crippen LogP contribution in [0.2, 0.25) is 0 Å². The highest BCUT2D eigenvalue weighted by Crippen LogP contribution is 1.97. The van der Waals surface area contributed by atoms with Crippen molar-refractivity contribution in [3.05, 3.63) is 6.92 Å². The quantitative estimate of drug-likeness (QED) is 0.630. The van der Waals surface area contributed by atoms with Crippen molar-refractivity contribution in [2.75, 3.05) is 6.54 Å². The summed E-state index contributed by atoms with van der Waals surface area (Å²) in [5, 5.41) is 2.47. The Labute approximate surface area is 64.5 Å². The van der Waals surface area contributed by atoms with E-state index < -0.39 is 4.84 Å². The summed E-state index contributed by atoms with van der Waals surface area (Å²) in [5.74, 6) is -0.138. The summed E-state index contributed by atoms with van der Waals surface area (Å²) >= 11 is 10.6. The molecule has 1 radical (unpaired) electrons. The summed E-state index contributed by atoms with van der Waals surface area (Å²) in [6.07, 6.45) is 0.223. The Kier molecular flexibility index (Phi) is 4.91. The number of hydrogen-bond donors (Lipinski definition) is 1. The zero-order valence-corrected chi connectivity index (χ0v) is 6.37. The fourth-order valence-electron chi connectivity index (χ4n) is 0.279. The molecule has 1 amide bonds. The first-order valence-corrected chi connectivity index (χ1v) is 3.38. The second-order valence-electron chi connectivity index (χ2n) is 1.45. The molecule has 2 nitrogen and oxygen atoms in total. The molecule has 0 aliphatic rings. The molecule has 0 unspecified atom stereocenters. The highest BCUT2D eigenvalue weighted by molar-refractivity contribution is 6.44. The van der Waals surface area contributed by atoms with Gasteiger partial charge in [-0.1, -0.05) is 0 Å². The van der Waals surface area contributed by atoms with Gasteiger partial charge in [0.2, 0.25) is 5.91 Å². The van der Waals surface area contributed by atoms with Crippen LogP contribution in [0.3, 0.4) is 0 Å². The fourth-order valence-corrected chi connectivity index (χ4v) is 0.434. The Morgan fingerprint density at radius 1 is 1.67 bits per heavy atom. The molecule has 0 heterocycles. The summed E-state index contributed by atoms with van der Waals surface area (Å²) in [4.78, 5) is 9.90. The van der Waals surface area contributed by atoms with Crippen molar-refractivity contribution < 1.29 is 4.79 Å². The van der Waals surface area contributed by atoms with Gasteiger partial charge in [0.05, 0.1) is 0 Å². The van der Waals surface area contributed by atoms with Crippen LogP contribution in [0.15, 0.2) is 0 Å². The Morgan fingerprint density at radius 3 is 2.56 bits per heavy atom. The molecule has 0 saturated carbocycles. The fraction of sp³-hybridized carbons (Fsp3) is 0.600. The molecule has 0 saturated heterocycles. The van der Waals surface area contributed by atoms with Gasteiger partial charge in [-0.05, 0) is 6.92 Å². The van der Waals surface area contributed by atoms with Crippen molar-refractivity contribution >= 4 is 29.1 Å². The lowest BCUT2D eigenvalue weighted by Crippen LogP contribution is -2.26. The number of nitrogens with one attached hydrogen (secondary N) is 1. The van der Waals surface area contributed by atoms with E-state index in [1.54, 1.807) is 0 Å². The molecular weight excluding hydrogens is 161 g/mol. The maximum atomic E-state index is 10.4. The smallest absolute Gasteiger partial charge is 0.220 e. The number of carbonyl (C=O) groups is 1. The molecule has 0 aliphatic carbocycles. The number of carbonyl (C=O) groups excluding carboxylic acids is 1. The predicted molar refractivity (Wildman–Crippen MR) is 38.5 cm³/mol. The third-order valence-electron chi connectivity index (χ3n) is 0.681. The summed E-state index contributed by atoms with van der Waals surface area (Å²) in [7, 11) is 0. The molecule has 4 heteroatoms. The van der Waals surface area contributed by atoms with Gasteiger partial charge in [-0.15, -0.1) is 23.2 Å². The molecular formula is C5H8Cl2NO. The van der Waals surface area contributed by atoms with Crippen LogP contribution in [0.25, 0.3) is 0 Å². The first-order valence-electron chi connectivity index (χ1n) is 2.51. The molecule has 0 atom stereocenters. The topological polar surface area (TPSA) is 29.1 Å². The number of hydrogen-bond acceptors (Lipinski definition) is 1. The van der Waals surface area contributed by atoms with Gasteiger partial charge in [0.15, 0.2) is 0 Å². The number of halogens is 2. The highest BCUT2D eigenvalue weighted by atomic mass is 35.5. The van der Waals surface area contributed by atoms with Crippen LogP contribution < -0.4 is 5.32 Å². The van der Waals surface area contributed by atoms with Crippen molar-refractivity contribution in [1.29, 1.82) is 0 Å². The minimum Gasteiger partial charge on any atom is -0.353 e. The monoisotopic (exact) mass is 168 g/mol. The van der Waals surface area contributed by atoms with Crippen LogP contribution in [0.1, 0.15) is 6.42 Å². The molecule has 0 aromatic heterocycles. The lowest BCUT2D eigenvalue weighted by atomic mass is 10.4. The van der Waals surface area contributed by atoms with Gasteiger partial charge in [0.25, 0.3) is 0 Å². The zero-order valence-electron chi connectivity index (χ0n) is 4.86. The molecule has 53 valence electrons. The Bertz CT molecular complexity index is 95.0. The Morgan fingerprint density at radius 2 is 2.22 bits per heavy atom.